The molecular formula is C22H21FN4O2. The van der Waals surface area contributed by atoms with Gasteiger partial charge in [0.15, 0.2) is 0 Å². The lowest BCUT2D eigenvalue weighted by atomic mass is 9.91. The number of hydrogen-bond donors (Lipinski definition) is 2. The Balaban J connectivity index is 1.51. The van der Waals surface area contributed by atoms with Crippen LogP contribution in [0.15, 0.2) is 54.7 Å². The molecular weight excluding hydrogens is 371 g/mol. The number of fused-ring (bicyclic) bond motifs is 1. The van der Waals surface area contributed by atoms with Crippen LogP contribution < -0.4 is 20.4 Å². The number of hydrogen-bond acceptors (Lipinski definition) is 4. The molecule has 29 heavy (non-hydrogen) atoms. The molecule has 2 fully saturated rings. The Kier molecular flexibility index (Phi) is 4.32. The molecule has 3 heterocycles. The fourth-order valence-electron chi connectivity index (χ4n) is 4.38. The van der Waals surface area contributed by atoms with Crippen molar-refractivity contribution in [3.8, 4) is 0 Å². The molecule has 0 aliphatic carbocycles. The van der Waals surface area contributed by atoms with Gasteiger partial charge in [-0.15, -0.1) is 0 Å². The highest BCUT2D eigenvalue weighted by atomic mass is 19.1. The minimum atomic E-state index is -0.411. The summed E-state index contributed by atoms with van der Waals surface area (Å²) in [7, 11) is 0. The van der Waals surface area contributed by atoms with Crippen molar-refractivity contribution < 1.29 is 14.0 Å². The van der Waals surface area contributed by atoms with Gasteiger partial charge in [-0.25, -0.2) is 4.39 Å². The molecule has 0 saturated carbocycles. The number of amides is 2. The summed E-state index contributed by atoms with van der Waals surface area (Å²) >= 11 is 0. The molecule has 7 heteroatoms. The fourth-order valence-corrected chi connectivity index (χ4v) is 4.38. The highest BCUT2D eigenvalue weighted by Gasteiger charge is 2.43. The molecule has 148 valence electrons. The SMILES string of the molecule is O=C1NCNC2C1C(c1ccc(N3CCCC3=O)cc1)=CN2c1cccc(F)c1. The van der Waals surface area contributed by atoms with E-state index in [0.29, 0.717) is 18.8 Å². The predicted octanol–water partition coefficient (Wildman–Crippen LogP) is 2.43. The van der Waals surface area contributed by atoms with Gasteiger partial charge in [0, 0.05) is 30.5 Å². The minimum Gasteiger partial charge on any atom is -0.343 e. The average molecular weight is 392 g/mol. The lowest BCUT2D eigenvalue weighted by Crippen LogP contribution is -2.58. The van der Waals surface area contributed by atoms with Crippen LogP contribution in [-0.2, 0) is 9.59 Å². The Morgan fingerprint density at radius 3 is 2.59 bits per heavy atom. The average Bonchev–Trinajstić information content (AvgIpc) is 3.33. The summed E-state index contributed by atoms with van der Waals surface area (Å²) in [6.07, 6.45) is 3.10. The number of carbonyl (C=O) groups excluding carboxylic acids is 2. The second-order valence-electron chi connectivity index (χ2n) is 7.51. The van der Waals surface area contributed by atoms with Crippen molar-refractivity contribution in [2.75, 3.05) is 23.0 Å². The van der Waals surface area contributed by atoms with Crippen LogP contribution in [0.2, 0.25) is 0 Å². The van der Waals surface area contributed by atoms with Crippen LogP contribution in [-0.4, -0.2) is 31.2 Å². The smallest absolute Gasteiger partial charge is 0.232 e. The zero-order valence-electron chi connectivity index (χ0n) is 15.8. The van der Waals surface area contributed by atoms with Crippen molar-refractivity contribution in [3.05, 3.63) is 66.1 Å². The number of nitrogens with zero attached hydrogens (tertiary/aromatic N) is 2. The Bertz CT molecular complexity index is 1000. The molecule has 5 rings (SSSR count). The van der Waals surface area contributed by atoms with Crippen LogP contribution in [0.3, 0.4) is 0 Å². The molecule has 3 aliphatic rings. The number of halogens is 1. The predicted molar refractivity (Wildman–Crippen MR) is 108 cm³/mol. The maximum atomic E-state index is 13.8. The number of carbonyl (C=O) groups is 2. The summed E-state index contributed by atoms with van der Waals surface area (Å²) in [4.78, 5) is 28.4. The third-order valence-electron chi connectivity index (χ3n) is 5.78. The standard InChI is InChI=1S/C22H21FN4O2/c23-15-3-1-4-17(11-15)27-12-18(20-21(27)24-13-25-22(20)29)14-6-8-16(9-7-14)26-10-2-5-19(26)28/h1,3-4,6-9,11-12,20-21,24H,2,5,10,13H2,(H,25,29). The highest BCUT2D eigenvalue weighted by Crippen LogP contribution is 2.39. The number of anilines is 2. The molecule has 3 aliphatic heterocycles. The van der Waals surface area contributed by atoms with Crippen LogP contribution in [0.1, 0.15) is 18.4 Å². The van der Waals surface area contributed by atoms with Crippen LogP contribution in [0.25, 0.3) is 5.57 Å². The van der Waals surface area contributed by atoms with Gasteiger partial charge in [-0.3, -0.25) is 14.9 Å². The summed E-state index contributed by atoms with van der Waals surface area (Å²) in [6.45, 7) is 1.11. The highest BCUT2D eigenvalue weighted by molar-refractivity contribution is 5.98. The van der Waals surface area contributed by atoms with Crippen LogP contribution in [0, 0.1) is 11.7 Å². The van der Waals surface area contributed by atoms with Crippen LogP contribution in [0.5, 0.6) is 0 Å². The largest absolute Gasteiger partial charge is 0.343 e. The lowest BCUT2D eigenvalue weighted by Gasteiger charge is -2.34. The van der Waals surface area contributed by atoms with E-state index in [4.69, 9.17) is 0 Å². The van der Waals surface area contributed by atoms with Gasteiger partial charge in [0.1, 0.15) is 12.0 Å². The molecule has 2 aromatic rings. The first-order chi connectivity index (χ1) is 14.1. The normalized spacial score (nSPS) is 23.8. The molecule has 0 radical (unpaired) electrons. The van der Waals surface area contributed by atoms with E-state index in [1.165, 1.54) is 12.1 Å². The molecule has 0 spiro atoms. The van der Waals surface area contributed by atoms with Crippen molar-refractivity contribution in [2.24, 2.45) is 5.92 Å². The van der Waals surface area contributed by atoms with Gasteiger partial charge in [0.25, 0.3) is 0 Å². The third kappa shape index (κ3) is 3.07. The number of nitrogens with one attached hydrogen (secondary N) is 2. The molecule has 2 saturated heterocycles. The maximum Gasteiger partial charge on any atom is 0.232 e. The number of benzene rings is 2. The quantitative estimate of drug-likeness (QED) is 0.842. The van der Waals surface area contributed by atoms with Crippen LogP contribution in [0.4, 0.5) is 15.8 Å². The van der Waals surface area contributed by atoms with Gasteiger partial charge < -0.3 is 15.1 Å². The molecule has 2 atom stereocenters. The molecule has 2 unspecified atom stereocenters. The monoisotopic (exact) mass is 392 g/mol. The molecule has 2 amide bonds. The van der Waals surface area contributed by atoms with E-state index in [1.807, 2.05) is 41.4 Å². The van der Waals surface area contributed by atoms with Gasteiger partial charge in [-0.05, 0) is 47.9 Å². The van der Waals surface area contributed by atoms with Gasteiger partial charge in [-0.1, -0.05) is 18.2 Å². The summed E-state index contributed by atoms with van der Waals surface area (Å²) in [5.41, 5.74) is 3.34. The summed E-state index contributed by atoms with van der Waals surface area (Å²) < 4.78 is 13.8. The third-order valence-corrected chi connectivity index (χ3v) is 5.78. The first-order valence-corrected chi connectivity index (χ1v) is 9.79. The Morgan fingerprint density at radius 2 is 1.86 bits per heavy atom. The van der Waals surface area contributed by atoms with Crippen molar-refractivity contribution in [2.45, 2.75) is 19.0 Å². The first-order valence-electron chi connectivity index (χ1n) is 9.79. The molecule has 0 bridgehead atoms. The van der Waals surface area contributed by atoms with E-state index in [0.717, 1.165) is 29.8 Å². The molecule has 0 aromatic heterocycles. The van der Waals surface area contributed by atoms with E-state index in [9.17, 15) is 14.0 Å². The molecule has 6 nitrogen and oxygen atoms in total. The maximum absolute atomic E-state index is 13.8. The Morgan fingerprint density at radius 1 is 1.03 bits per heavy atom. The van der Waals surface area contributed by atoms with Gasteiger partial charge in [-0.2, -0.15) is 0 Å². The second kappa shape index (κ2) is 7.00. The second-order valence-corrected chi connectivity index (χ2v) is 7.51. The first kappa shape index (κ1) is 17.9. The van der Waals surface area contributed by atoms with Crippen LogP contribution >= 0.6 is 0 Å². The van der Waals surface area contributed by atoms with E-state index in [-0.39, 0.29) is 23.8 Å². The van der Waals surface area contributed by atoms with E-state index < -0.39 is 5.92 Å². The van der Waals surface area contributed by atoms with E-state index in [1.54, 1.807) is 11.0 Å². The Hall–Kier alpha value is -3.19. The summed E-state index contributed by atoms with van der Waals surface area (Å²) in [5, 5.41) is 6.16. The topological polar surface area (TPSA) is 64.7 Å². The molecule has 2 aromatic carbocycles. The van der Waals surface area contributed by atoms with Gasteiger partial charge >= 0.3 is 0 Å². The summed E-state index contributed by atoms with van der Waals surface area (Å²) in [5.74, 6) is -0.643. The number of rotatable bonds is 3. The fraction of sp³-hybridized carbons (Fsp3) is 0.273. The van der Waals surface area contributed by atoms with Crippen molar-refractivity contribution in [1.82, 2.24) is 10.6 Å². The Labute approximate surface area is 168 Å². The zero-order chi connectivity index (χ0) is 20.0. The van der Waals surface area contributed by atoms with Crippen molar-refractivity contribution in [1.29, 1.82) is 0 Å². The van der Waals surface area contributed by atoms with E-state index in [2.05, 4.69) is 10.6 Å². The van der Waals surface area contributed by atoms with Crippen molar-refractivity contribution >= 4 is 28.8 Å². The van der Waals surface area contributed by atoms with E-state index >= 15 is 0 Å². The molecule has 2 N–H and O–H groups in total. The van der Waals surface area contributed by atoms with Gasteiger partial charge in [0.2, 0.25) is 11.8 Å². The minimum absolute atomic E-state index is 0.0577. The zero-order valence-corrected chi connectivity index (χ0v) is 15.8. The van der Waals surface area contributed by atoms with Crippen molar-refractivity contribution in [3.63, 3.8) is 0 Å². The summed E-state index contributed by atoms with van der Waals surface area (Å²) in [6, 6.07) is 14.1. The lowest BCUT2D eigenvalue weighted by molar-refractivity contribution is -0.125. The van der Waals surface area contributed by atoms with Gasteiger partial charge in [0.05, 0.1) is 12.6 Å².